The van der Waals surface area contributed by atoms with Gasteiger partial charge in [-0.1, -0.05) is 87.0 Å². The Morgan fingerprint density at radius 2 is 0.708 bits per heavy atom. The van der Waals surface area contributed by atoms with E-state index in [1.165, 1.54) is 0 Å². The van der Waals surface area contributed by atoms with Gasteiger partial charge in [-0.25, -0.2) is 19.2 Å². The van der Waals surface area contributed by atoms with E-state index in [1.54, 1.807) is 0 Å². The molecule has 0 aliphatic heterocycles. The van der Waals surface area contributed by atoms with Gasteiger partial charge in [-0.3, -0.25) is 0 Å². The first-order chi connectivity index (χ1) is 30.6. The third kappa shape index (κ3) is 22.1. The minimum absolute atomic E-state index is 0.0206. The molecule has 2 aromatic rings. The first-order valence-electron chi connectivity index (χ1n) is 21.5. The fourth-order valence-electron chi connectivity index (χ4n) is 6.53. The highest BCUT2D eigenvalue weighted by Gasteiger charge is 2.53. The summed E-state index contributed by atoms with van der Waals surface area (Å²) in [5.41, 5.74) is 0. The molecule has 0 aromatic heterocycles. The van der Waals surface area contributed by atoms with E-state index in [9.17, 15) is 19.2 Å². The summed E-state index contributed by atoms with van der Waals surface area (Å²) in [5, 5.41) is 1.87. The van der Waals surface area contributed by atoms with E-state index in [0.717, 1.165) is 34.7 Å². The second-order valence-corrected chi connectivity index (χ2v) is 39.1. The van der Waals surface area contributed by atoms with Crippen molar-refractivity contribution in [2.75, 3.05) is 52.9 Å². The van der Waals surface area contributed by atoms with Crippen molar-refractivity contribution in [1.82, 2.24) is 0 Å². The van der Waals surface area contributed by atoms with Gasteiger partial charge in [0.1, 0.15) is 26.4 Å². The Labute approximate surface area is 392 Å². The second-order valence-electron chi connectivity index (χ2n) is 16.7. The Morgan fingerprint density at radius 3 is 1.00 bits per heavy atom. The quantitative estimate of drug-likeness (QED) is 0.0244. The molecule has 0 aliphatic carbocycles. The summed E-state index contributed by atoms with van der Waals surface area (Å²) in [6.07, 6.45) is 4.38. The molecule has 0 saturated heterocycles. The van der Waals surface area contributed by atoms with E-state index in [-0.39, 0.29) is 52.9 Å². The Bertz CT molecular complexity index is 1750. The van der Waals surface area contributed by atoms with Crippen molar-refractivity contribution >= 4 is 85.1 Å². The van der Waals surface area contributed by atoms with Crippen LogP contribution in [-0.4, -0.2) is 128 Å². The lowest BCUT2D eigenvalue weighted by Crippen LogP contribution is -2.71. The summed E-state index contributed by atoms with van der Waals surface area (Å²) in [4.78, 5) is 46.8. The second kappa shape index (κ2) is 27.8. The van der Waals surface area contributed by atoms with Crippen molar-refractivity contribution in [1.29, 1.82) is 0 Å². The van der Waals surface area contributed by atoms with Crippen LogP contribution < -0.4 is 10.4 Å². The SMILES string of the molecule is C=CC(=O)OCCO[Si](C)(CC[Si](C)(C)O[Si](C)(C)O[Si](O[Si](C)(C)CC[Si](C)(OCCOC(=O)C=C)OCCOC(=O)C=C)(c1ccccc1)c1ccccc1)OCCOC(=O)C=C. The van der Waals surface area contributed by atoms with Gasteiger partial charge in [0.25, 0.3) is 0 Å². The number of hydrogen-bond acceptors (Lipinski definition) is 15. The molecule has 0 radical (unpaired) electrons. The lowest BCUT2D eigenvalue weighted by molar-refractivity contribution is -0.140. The average Bonchev–Trinajstić information content (AvgIpc) is 3.27. The summed E-state index contributed by atoms with van der Waals surface area (Å²) in [6.45, 7) is 30.9. The number of carbonyl (C=O) groups is 4. The van der Waals surface area contributed by atoms with Gasteiger partial charge >= 0.3 is 58.1 Å². The van der Waals surface area contributed by atoms with Gasteiger partial charge in [0.15, 0.2) is 16.6 Å². The van der Waals surface area contributed by atoms with Crippen LogP contribution in [-0.2, 0) is 68.2 Å². The van der Waals surface area contributed by atoms with Crippen molar-refractivity contribution in [3.8, 4) is 0 Å². The Morgan fingerprint density at radius 1 is 0.415 bits per heavy atom. The number of rotatable bonds is 34. The molecule has 0 fully saturated rings. The summed E-state index contributed by atoms with van der Waals surface area (Å²) in [6, 6.07) is 22.5. The van der Waals surface area contributed by atoms with Crippen LogP contribution in [0.15, 0.2) is 111 Å². The van der Waals surface area contributed by atoms with Crippen LogP contribution in [0.4, 0.5) is 0 Å². The minimum atomic E-state index is -3.56. The van der Waals surface area contributed by atoms with E-state index >= 15 is 0 Å². The van der Waals surface area contributed by atoms with Crippen molar-refractivity contribution in [3.63, 3.8) is 0 Å². The number of esters is 4. The summed E-state index contributed by atoms with van der Waals surface area (Å²) in [5.74, 6) is -2.20. The average molecular weight is 1010 g/mol. The molecule has 2 aromatic carbocycles. The molecule has 21 heteroatoms. The third-order valence-corrected chi connectivity index (χ3v) is 31.9. The number of carbonyl (C=O) groups excluding carboxylic acids is 4. The van der Waals surface area contributed by atoms with Crippen molar-refractivity contribution in [2.45, 2.75) is 76.6 Å². The maximum Gasteiger partial charge on any atom is 0.388 e. The van der Waals surface area contributed by atoms with Crippen LogP contribution >= 0.6 is 0 Å². The van der Waals surface area contributed by atoms with Gasteiger partial charge in [-0.05, 0) is 86.9 Å². The van der Waals surface area contributed by atoms with Gasteiger partial charge in [0, 0.05) is 24.3 Å². The predicted molar refractivity (Wildman–Crippen MR) is 265 cm³/mol. The molecule has 0 unspecified atom stereocenters. The van der Waals surface area contributed by atoms with E-state index in [1.807, 2.05) is 49.5 Å². The molecule has 0 N–H and O–H groups in total. The zero-order chi connectivity index (χ0) is 48.6. The summed E-state index contributed by atoms with van der Waals surface area (Å²) < 4.78 is 68.3. The van der Waals surface area contributed by atoms with Crippen molar-refractivity contribution in [2.24, 2.45) is 0 Å². The predicted octanol–water partition coefficient (Wildman–Crippen LogP) is 6.53. The van der Waals surface area contributed by atoms with Crippen molar-refractivity contribution < 1.29 is 68.2 Å². The fourth-order valence-corrected chi connectivity index (χ4v) is 34.4. The largest absolute Gasteiger partial charge is 0.460 e. The van der Waals surface area contributed by atoms with Crippen LogP contribution in [0, 0.1) is 0 Å². The van der Waals surface area contributed by atoms with Crippen LogP contribution in [0.25, 0.3) is 0 Å². The van der Waals surface area contributed by atoms with Crippen LogP contribution in [0.5, 0.6) is 0 Å². The van der Waals surface area contributed by atoms with E-state index in [0.29, 0.717) is 24.2 Å². The number of ether oxygens (including phenoxy) is 4. The van der Waals surface area contributed by atoms with Crippen LogP contribution in [0.1, 0.15) is 0 Å². The minimum Gasteiger partial charge on any atom is -0.460 e. The maximum absolute atomic E-state index is 11.7. The molecule has 0 spiro atoms. The molecule has 0 amide bonds. The van der Waals surface area contributed by atoms with Gasteiger partial charge in [0.2, 0.25) is 0 Å². The van der Waals surface area contributed by atoms with Crippen LogP contribution in [0.3, 0.4) is 0 Å². The Hall–Kier alpha value is -3.70. The Kier molecular flexibility index (Phi) is 24.6. The van der Waals surface area contributed by atoms with E-state index < -0.39 is 74.8 Å². The molecule has 65 heavy (non-hydrogen) atoms. The van der Waals surface area contributed by atoms with Crippen LogP contribution in [0.2, 0.25) is 76.6 Å². The molecule has 0 heterocycles. The molecule has 2 rings (SSSR count). The summed E-state index contributed by atoms with van der Waals surface area (Å²) in [7, 11) is -17.8. The number of benzene rings is 2. The zero-order valence-electron chi connectivity index (χ0n) is 39.5. The maximum atomic E-state index is 11.7. The topological polar surface area (TPSA) is 170 Å². The van der Waals surface area contributed by atoms with Gasteiger partial charge in [-0.15, -0.1) is 0 Å². The van der Waals surface area contributed by atoms with Gasteiger partial charge in [0.05, 0.1) is 26.4 Å². The monoisotopic (exact) mass is 1010 g/mol. The molecule has 15 nitrogen and oxygen atoms in total. The van der Waals surface area contributed by atoms with E-state index in [2.05, 4.69) is 89.9 Å². The highest BCUT2D eigenvalue weighted by molar-refractivity contribution is 7.02. The molecular weight excluding hydrogens is 937 g/mol. The smallest absolute Gasteiger partial charge is 0.388 e. The normalized spacial score (nSPS) is 12.4. The molecule has 0 aliphatic rings. The zero-order valence-corrected chi connectivity index (χ0v) is 45.5. The third-order valence-electron chi connectivity index (χ3n) is 9.61. The lowest BCUT2D eigenvalue weighted by atomic mass is 10.4. The van der Waals surface area contributed by atoms with Crippen molar-refractivity contribution in [3.05, 3.63) is 111 Å². The molecule has 360 valence electrons. The first kappa shape index (κ1) is 57.4. The van der Waals surface area contributed by atoms with E-state index in [4.69, 9.17) is 49.0 Å². The number of hydrogen-bond donors (Lipinski definition) is 0. The first-order valence-corrected chi connectivity index (χ1v) is 37.4. The highest BCUT2D eigenvalue weighted by Crippen LogP contribution is 2.31. The standard InChI is InChI=1S/C44H70O15Si6/c1-13-41(45)49-27-31-53-63(11,54-32-28-50-42(46)14-2)37-35-60(5,6)57-62(9,10)59-65(39-23-19-17-20-24-39,40-25-21-18-22-26-40)58-61(7,8)36-38-64(12,55-33-29-51-43(47)15-3)56-34-30-52-44(48)16-4/h13-26H,1-4,27-38H2,5-12H3. The Balaban J connectivity index is 2.45. The lowest BCUT2D eigenvalue weighted by Gasteiger charge is -2.45. The van der Waals surface area contributed by atoms with Gasteiger partial charge < -0.3 is 49.0 Å². The molecular formula is C44H70O15Si6. The molecule has 0 atom stereocenters. The highest BCUT2D eigenvalue weighted by atomic mass is 28.5. The molecule has 0 saturated carbocycles. The van der Waals surface area contributed by atoms with Gasteiger partial charge in [-0.2, -0.15) is 0 Å². The fraction of sp³-hybridized carbons (Fsp3) is 0.455. The molecule has 0 bridgehead atoms. The summed E-state index contributed by atoms with van der Waals surface area (Å²) >= 11 is 0.